The number of amides is 1. The zero-order valence-corrected chi connectivity index (χ0v) is 20.2. The van der Waals surface area contributed by atoms with Crippen molar-refractivity contribution in [1.29, 1.82) is 0 Å². The second kappa shape index (κ2) is 11.6. The Balaban J connectivity index is 1.52. The predicted octanol–water partition coefficient (Wildman–Crippen LogP) is 3.98. The number of piperazine rings is 1. The SMILES string of the molecule is COC(=O)c1ccc(-c2ccccc2)cc1NC(=O)c1cc(OCCN2CCNCC2)ccc1C. The Morgan fingerprint density at radius 1 is 0.943 bits per heavy atom. The van der Waals surface area contributed by atoms with Crippen molar-refractivity contribution >= 4 is 17.6 Å². The molecule has 35 heavy (non-hydrogen) atoms. The van der Waals surface area contributed by atoms with E-state index in [0.717, 1.165) is 49.4 Å². The summed E-state index contributed by atoms with van der Waals surface area (Å²) in [5.41, 5.74) is 3.86. The van der Waals surface area contributed by atoms with Crippen molar-refractivity contribution in [1.82, 2.24) is 10.2 Å². The van der Waals surface area contributed by atoms with Crippen LogP contribution in [-0.2, 0) is 4.74 Å². The Morgan fingerprint density at radius 2 is 1.71 bits per heavy atom. The van der Waals surface area contributed by atoms with Crippen molar-refractivity contribution in [3.05, 3.63) is 83.4 Å². The monoisotopic (exact) mass is 473 g/mol. The molecule has 7 nitrogen and oxygen atoms in total. The number of nitrogens with one attached hydrogen (secondary N) is 2. The molecule has 0 unspecified atom stereocenters. The van der Waals surface area contributed by atoms with Gasteiger partial charge in [0.05, 0.1) is 18.4 Å². The van der Waals surface area contributed by atoms with Gasteiger partial charge in [0, 0.05) is 38.3 Å². The average Bonchev–Trinajstić information content (AvgIpc) is 2.90. The van der Waals surface area contributed by atoms with Gasteiger partial charge in [-0.1, -0.05) is 42.5 Å². The number of carbonyl (C=O) groups is 2. The number of methoxy groups -OCH3 is 1. The van der Waals surface area contributed by atoms with Gasteiger partial charge in [0.25, 0.3) is 5.91 Å². The molecule has 2 N–H and O–H groups in total. The maximum atomic E-state index is 13.3. The van der Waals surface area contributed by atoms with E-state index in [1.165, 1.54) is 7.11 Å². The van der Waals surface area contributed by atoms with E-state index in [0.29, 0.717) is 29.2 Å². The summed E-state index contributed by atoms with van der Waals surface area (Å²) in [5, 5.41) is 6.26. The lowest BCUT2D eigenvalue weighted by atomic mass is 10.0. The molecule has 0 spiro atoms. The fraction of sp³-hybridized carbons (Fsp3) is 0.286. The van der Waals surface area contributed by atoms with E-state index in [4.69, 9.17) is 9.47 Å². The second-order valence-corrected chi connectivity index (χ2v) is 8.49. The summed E-state index contributed by atoms with van der Waals surface area (Å²) in [5.74, 6) is -0.186. The van der Waals surface area contributed by atoms with Gasteiger partial charge in [0.2, 0.25) is 0 Å². The van der Waals surface area contributed by atoms with Crippen molar-refractivity contribution in [2.24, 2.45) is 0 Å². The van der Waals surface area contributed by atoms with Crippen LogP contribution < -0.4 is 15.4 Å². The summed E-state index contributed by atoms with van der Waals surface area (Å²) in [6, 6.07) is 20.6. The number of rotatable bonds is 8. The number of anilines is 1. The van der Waals surface area contributed by atoms with Gasteiger partial charge < -0.3 is 20.1 Å². The summed E-state index contributed by atoms with van der Waals surface area (Å²) < 4.78 is 10.9. The minimum absolute atomic E-state index is 0.293. The Hall–Kier alpha value is -3.68. The first-order valence-electron chi connectivity index (χ1n) is 11.8. The smallest absolute Gasteiger partial charge is 0.339 e. The van der Waals surface area contributed by atoms with Crippen LogP contribution in [-0.4, -0.2) is 63.2 Å². The molecule has 182 valence electrons. The fourth-order valence-electron chi connectivity index (χ4n) is 4.10. The lowest BCUT2D eigenvalue weighted by molar-refractivity contribution is 0.0602. The molecule has 4 rings (SSSR count). The molecule has 1 fully saturated rings. The molecule has 1 aliphatic rings. The molecular weight excluding hydrogens is 442 g/mol. The van der Waals surface area contributed by atoms with E-state index in [1.807, 2.05) is 55.5 Å². The quantitative estimate of drug-likeness (QED) is 0.482. The lowest BCUT2D eigenvalue weighted by Gasteiger charge is -2.26. The number of hydrogen-bond acceptors (Lipinski definition) is 6. The van der Waals surface area contributed by atoms with Gasteiger partial charge in [-0.3, -0.25) is 9.69 Å². The average molecular weight is 474 g/mol. The standard InChI is InChI=1S/C28H31N3O4/c1-20-8-10-23(35-17-16-31-14-12-29-13-15-31)19-25(20)27(32)30-26-18-22(21-6-4-3-5-7-21)9-11-24(26)28(33)34-2/h3-11,18-19,29H,12-17H2,1-2H3,(H,30,32). The minimum atomic E-state index is -0.512. The number of hydrogen-bond donors (Lipinski definition) is 2. The van der Waals surface area contributed by atoms with Gasteiger partial charge in [-0.2, -0.15) is 0 Å². The Bertz CT molecular complexity index is 1170. The zero-order valence-electron chi connectivity index (χ0n) is 20.2. The number of benzene rings is 3. The van der Waals surface area contributed by atoms with Crippen LogP contribution in [0.5, 0.6) is 5.75 Å². The maximum absolute atomic E-state index is 13.3. The summed E-state index contributed by atoms with van der Waals surface area (Å²) in [6.45, 7) is 7.27. The fourth-order valence-corrected chi connectivity index (χ4v) is 4.10. The number of ether oxygens (including phenoxy) is 2. The topological polar surface area (TPSA) is 79.9 Å². The summed E-state index contributed by atoms with van der Waals surface area (Å²) in [7, 11) is 1.32. The van der Waals surface area contributed by atoms with Gasteiger partial charge in [0.15, 0.2) is 0 Å². The normalized spacial score (nSPS) is 13.8. The van der Waals surface area contributed by atoms with Crippen molar-refractivity contribution in [3.63, 3.8) is 0 Å². The zero-order chi connectivity index (χ0) is 24.6. The van der Waals surface area contributed by atoms with E-state index in [-0.39, 0.29) is 5.91 Å². The molecule has 0 radical (unpaired) electrons. The third kappa shape index (κ3) is 6.26. The van der Waals surface area contributed by atoms with Gasteiger partial charge in [-0.05, 0) is 47.9 Å². The van der Waals surface area contributed by atoms with Gasteiger partial charge >= 0.3 is 5.97 Å². The molecular formula is C28H31N3O4. The Labute approximate surface area is 206 Å². The highest BCUT2D eigenvalue weighted by Gasteiger charge is 2.18. The predicted molar refractivity (Wildman–Crippen MR) is 137 cm³/mol. The molecule has 1 heterocycles. The highest BCUT2D eigenvalue weighted by Crippen LogP contribution is 2.27. The minimum Gasteiger partial charge on any atom is -0.492 e. The molecule has 3 aromatic rings. The van der Waals surface area contributed by atoms with Crippen LogP contribution in [0.1, 0.15) is 26.3 Å². The van der Waals surface area contributed by atoms with Crippen LogP contribution in [0.15, 0.2) is 66.7 Å². The number of aryl methyl sites for hydroxylation is 1. The largest absolute Gasteiger partial charge is 0.492 e. The second-order valence-electron chi connectivity index (χ2n) is 8.49. The van der Waals surface area contributed by atoms with E-state index in [9.17, 15) is 9.59 Å². The van der Waals surface area contributed by atoms with Crippen molar-refractivity contribution < 1.29 is 19.1 Å². The van der Waals surface area contributed by atoms with Crippen molar-refractivity contribution in [2.75, 3.05) is 51.8 Å². The molecule has 1 aliphatic heterocycles. The lowest BCUT2D eigenvalue weighted by Crippen LogP contribution is -2.44. The van der Waals surface area contributed by atoms with Crippen LogP contribution in [0.4, 0.5) is 5.69 Å². The van der Waals surface area contributed by atoms with Gasteiger partial charge in [-0.15, -0.1) is 0 Å². The molecule has 0 atom stereocenters. The van der Waals surface area contributed by atoms with Crippen molar-refractivity contribution in [2.45, 2.75) is 6.92 Å². The number of esters is 1. The summed E-state index contributed by atoms with van der Waals surface area (Å²) in [6.07, 6.45) is 0. The van der Waals surface area contributed by atoms with E-state index in [2.05, 4.69) is 15.5 Å². The first-order chi connectivity index (χ1) is 17.0. The molecule has 0 aromatic heterocycles. The van der Waals surface area contributed by atoms with E-state index in [1.54, 1.807) is 18.2 Å². The first-order valence-corrected chi connectivity index (χ1v) is 11.8. The van der Waals surface area contributed by atoms with Crippen LogP contribution >= 0.6 is 0 Å². The molecule has 7 heteroatoms. The third-order valence-corrected chi connectivity index (χ3v) is 6.12. The number of carbonyl (C=O) groups excluding carboxylic acids is 2. The van der Waals surface area contributed by atoms with Crippen LogP contribution in [0.3, 0.4) is 0 Å². The molecule has 0 aliphatic carbocycles. The van der Waals surface area contributed by atoms with Gasteiger partial charge in [-0.25, -0.2) is 4.79 Å². The van der Waals surface area contributed by atoms with E-state index < -0.39 is 5.97 Å². The highest BCUT2D eigenvalue weighted by molar-refractivity contribution is 6.09. The molecule has 0 bridgehead atoms. The van der Waals surface area contributed by atoms with Gasteiger partial charge in [0.1, 0.15) is 12.4 Å². The molecule has 1 saturated heterocycles. The number of nitrogens with zero attached hydrogens (tertiary/aromatic N) is 1. The summed E-state index contributed by atoms with van der Waals surface area (Å²) >= 11 is 0. The van der Waals surface area contributed by atoms with Crippen LogP contribution in [0, 0.1) is 6.92 Å². The third-order valence-electron chi connectivity index (χ3n) is 6.12. The maximum Gasteiger partial charge on any atom is 0.339 e. The first kappa shape index (κ1) is 24.4. The van der Waals surface area contributed by atoms with Crippen molar-refractivity contribution in [3.8, 4) is 16.9 Å². The molecule has 1 amide bonds. The van der Waals surface area contributed by atoms with E-state index >= 15 is 0 Å². The molecule has 3 aromatic carbocycles. The summed E-state index contributed by atoms with van der Waals surface area (Å²) in [4.78, 5) is 28.0. The Kier molecular flexibility index (Phi) is 8.13. The van der Waals surface area contributed by atoms with Crippen LogP contribution in [0.2, 0.25) is 0 Å². The molecule has 0 saturated carbocycles. The highest BCUT2D eigenvalue weighted by atomic mass is 16.5. The van der Waals surface area contributed by atoms with Crippen LogP contribution in [0.25, 0.3) is 11.1 Å². The Morgan fingerprint density at radius 3 is 2.46 bits per heavy atom.